The molecule has 0 aliphatic heterocycles. The highest BCUT2D eigenvalue weighted by molar-refractivity contribution is 8.24. The van der Waals surface area contributed by atoms with Crippen LogP contribution >= 0.6 is 183 Å². The van der Waals surface area contributed by atoms with Crippen LogP contribution in [0.5, 0.6) is 0 Å². The summed E-state index contributed by atoms with van der Waals surface area (Å²) in [6.45, 7) is 58.7. The van der Waals surface area contributed by atoms with E-state index in [0.29, 0.717) is 60.4 Å². The van der Waals surface area contributed by atoms with E-state index >= 15 is 0 Å². The van der Waals surface area contributed by atoms with Gasteiger partial charge in [-0.15, -0.1) is 0 Å². The summed E-state index contributed by atoms with van der Waals surface area (Å²) in [4.78, 5) is 0. The zero-order valence-electron chi connectivity index (χ0n) is 48.4. The van der Waals surface area contributed by atoms with Crippen molar-refractivity contribution in [2.24, 2.45) is 0 Å². The number of halogens is 12. The van der Waals surface area contributed by atoms with E-state index in [-0.39, 0.29) is 24.4 Å². The normalized spacial score (nSPS) is 13.1. The molecule has 0 saturated heterocycles. The van der Waals surface area contributed by atoms with Gasteiger partial charge < -0.3 is 18.1 Å². The Labute approximate surface area is 507 Å². The van der Waals surface area contributed by atoms with Crippen molar-refractivity contribution in [1.82, 2.24) is 23.4 Å². The number of hydrogen-bond donors (Lipinski definition) is 0. The van der Waals surface area contributed by atoms with Crippen LogP contribution in [0, 0.1) is 0 Å². The van der Waals surface area contributed by atoms with Gasteiger partial charge in [0.05, 0.1) is 24.4 Å². The van der Waals surface area contributed by atoms with Crippen molar-refractivity contribution in [3.05, 3.63) is 0 Å². The van der Waals surface area contributed by atoms with Crippen LogP contribution < -0.4 is 0 Å². The number of nitrogens with zero attached hydrogens (tertiary/aromatic N) is 5. The summed E-state index contributed by atoms with van der Waals surface area (Å²) in [5.74, 6) is -1.20. The van der Waals surface area contributed by atoms with E-state index in [4.69, 9.17) is 115 Å². The van der Waals surface area contributed by atoms with Crippen LogP contribution in [0.15, 0.2) is 0 Å². The van der Waals surface area contributed by atoms with Crippen LogP contribution in [0.3, 0.4) is 0 Å². The summed E-state index contributed by atoms with van der Waals surface area (Å²) in [7, 11) is -2.40. The van der Waals surface area contributed by atoms with Gasteiger partial charge in [0.2, 0.25) is 14.5 Å². The molecular weight excluding hydrogens is 1310 g/mol. The molecule has 0 N–H and O–H groups in total. The topological polar surface area (TPSA) is 87.3 Å². The van der Waals surface area contributed by atoms with E-state index in [2.05, 4.69) is 214 Å². The molecular formula is C42H98Cl12N5O6P7. The predicted octanol–water partition coefficient (Wildman–Crippen LogP) is 25.4. The van der Waals surface area contributed by atoms with Crippen molar-refractivity contribution < 1.29 is 27.2 Å². The molecule has 0 rings (SSSR count). The first-order chi connectivity index (χ1) is 31.9. The van der Waals surface area contributed by atoms with Gasteiger partial charge in [-0.05, 0) is 284 Å². The van der Waals surface area contributed by atoms with Crippen molar-refractivity contribution >= 4 is 183 Å². The molecule has 0 fully saturated rings. The largest absolute Gasteiger partial charge is 0.380 e. The molecule has 0 aliphatic rings. The molecule has 1 atom stereocenters. The fourth-order valence-electron chi connectivity index (χ4n) is 6.07. The van der Waals surface area contributed by atoms with E-state index in [9.17, 15) is 9.13 Å². The highest BCUT2D eigenvalue weighted by Gasteiger charge is 2.35. The van der Waals surface area contributed by atoms with Gasteiger partial charge in [-0.1, -0.05) is 45.0 Å². The van der Waals surface area contributed by atoms with Gasteiger partial charge in [0, 0.05) is 60.4 Å². The molecule has 0 spiro atoms. The Morgan fingerprint density at radius 1 is 0.333 bits per heavy atom. The summed E-state index contributed by atoms with van der Waals surface area (Å²) in [6.07, 6.45) is -2.87. The van der Waals surface area contributed by atoms with Crippen molar-refractivity contribution in [2.45, 2.75) is 279 Å². The first kappa shape index (κ1) is 91.5. The Hall–Kier alpha value is 5.73. The third kappa shape index (κ3) is 61.8. The molecule has 1 unspecified atom stereocenters. The van der Waals surface area contributed by atoms with Gasteiger partial charge in [0.15, 0.2) is 14.4 Å². The Morgan fingerprint density at radius 2 is 0.542 bits per heavy atom. The van der Waals surface area contributed by atoms with E-state index in [0.717, 1.165) is 0 Å². The fraction of sp³-hybridized carbons (Fsp3) is 1.00. The zero-order valence-corrected chi connectivity index (χ0v) is 63.8. The van der Waals surface area contributed by atoms with Crippen LogP contribution in [-0.4, -0.2) is 108 Å². The smallest absolute Gasteiger partial charge is 0.329 e. The Balaban J connectivity index is -0.000000145. The minimum atomic E-state index is -3.28. The third-order valence-corrected chi connectivity index (χ3v) is 19.2. The molecule has 0 radical (unpaired) electrons. The molecule has 30 heteroatoms. The van der Waals surface area contributed by atoms with Crippen molar-refractivity contribution in [2.75, 3.05) is 0 Å². The summed E-state index contributed by atoms with van der Waals surface area (Å²) >= 11 is 62.0. The Kier molecular flexibility index (Phi) is 63.6. The van der Waals surface area contributed by atoms with E-state index in [1.165, 1.54) is 0 Å². The first-order valence-electron chi connectivity index (χ1n) is 23.8. The highest BCUT2D eigenvalue weighted by Crippen LogP contribution is 2.61. The first-order valence-corrected chi connectivity index (χ1v) is 44.2. The maximum absolute atomic E-state index is 10.3. The van der Waals surface area contributed by atoms with Gasteiger partial charge in [0.25, 0.3) is 0 Å². The van der Waals surface area contributed by atoms with Crippen LogP contribution in [0.4, 0.5) is 0 Å². The molecule has 0 aromatic rings. The van der Waals surface area contributed by atoms with Gasteiger partial charge in [-0.3, -0.25) is 18.5 Å². The zero-order chi connectivity index (χ0) is 59.7. The van der Waals surface area contributed by atoms with Crippen molar-refractivity contribution in [1.29, 1.82) is 0 Å². The summed E-state index contributed by atoms with van der Waals surface area (Å²) < 4.78 is 53.2. The van der Waals surface area contributed by atoms with Crippen LogP contribution in [0.2, 0.25) is 0 Å². The molecule has 0 bridgehead atoms. The molecule has 0 amide bonds. The second kappa shape index (κ2) is 50.1. The molecule has 0 aliphatic carbocycles. The van der Waals surface area contributed by atoms with E-state index < -0.39 is 47.8 Å². The van der Waals surface area contributed by atoms with Crippen LogP contribution in [0.25, 0.3) is 0 Å². The lowest BCUT2D eigenvalue weighted by atomic mass is 10.3. The summed E-state index contributed by atoms with van der Waals surface area (Å²) in [6, 6.07) is 4.79. The molecule has 0 aromatic heterocycles. The SMILES string of the molecule is CC(C)N(C(C)C)P(Cl)N(C(C)C)C(C)C.CC(C)OP(=O)(Cl)Cl.CC(C)OP(Cl)Cl.CC(C)OP(Cl)N(C(C)C)C(C)C.CC(C)OP(N(C(C)C)C(C)C)N(C(C)C)C(C)C.ClP(Cl)Cl.O=P(Cl)(Cl)Cl. The van der Waals surface area contributed by atoms with E-state index in [1.807, 2.05) is 27.7 Å². The van der Waals surface area contributed by atoms with Gasteiger partial charge in [-0.2, -0.15) is 0 Å². The predicted molar refractivity (Wildman–Crippen MR) is 345 cm³/mol. The minimum absolute atomic E-state index is 0.140. The Bertz CT molecular complexity index is 1240. The minimum Gasteiger partial charge on any atom is -0.329 e. The number of rotatable bonds is 23. The fourth-order valence-corrected chi connectivity index (χ4v) is 17.8. The molecule has 72 heavy (non-hydrogen) atoms. The quantitative estimate of drug-likeness (QED) is 0.0917. The molecule has 0 heterocycles. The maximum atomic E-state index is 10.3. The average Bonchev–Trinajstić information content (AvgIpc) is 3.04. The van der Waals surface area contributed by atoms with Crippen LogP contribution in [-0.2, 0) is 27.2 Å². The van der Waals surface area contributed by atoms with E-state index in [1.54, 1.807) is 13.8 Å². The maximum Gasteiger partial charge on any atom is 0.380 e. The molecule has 0 saturated carbocycles. The second-order valence-electron chi connectivity index (χ2n) is 19.4. The van der Waals surface area contributed by atoms with Gasteiger partial charge in [0.1, 0.15) is 7.58 Å². The van der Waals surface area contributed by atoms with Crippen molar-refractivity contribution in [3.8, 4) is 0 Å². The third-order valence-electron chi connectivity index (χ3n) is 7.48. The lowest BCUT2D eigenvalue weighted by Crippen LogP contribution is -2.43. The molecule has 11 nitrogen and oxygen atoms in total. The lowest BCUT2D eigenvalue weighted by molar-refractivity contribution is 0.160. The highest BCUT2D eigenvalue weighted by atomic mass is 36.1. The lowest BCUT2D eigenvalue weighted by Gasteiger charge is -2.46. The Morgan fingerprint density at radius 3 is 0.653 bits per heavy atom. The molecule has 0 aromatic carbocycles. The van der Waals surface area contributed by atoms with Gasteiger partial charge >= 0.3 is 11.3 Å². The monoisotopic (exact) mass is 1410 g/mol. The average molecular weight is 1410 g/mol. The number of hydrogen-bond acceptors (Lipinski definition) is 11. The summed E-state index contributed by atoms with van der Waals surface area (Å²) in [5, 5.41) is -3.22. The van der Waals surface area contributed by atoms with Gasteiger partial charge in [-0.25, -0.2) is 14.0 Å². The molecule has 446 valence electrons. The van der Waals surface area contributed by atoms with Crippen LogP contribution in [0.1, 0.15) is 194 Å². The second-order valence-corrected chi connectivity index (χ2v) is 44.2. The summed E-state index contributed by atoms with van der Waals surface area (Å²) in [5.41, 5.74) is 0. The standard InChI is InChI=1S/C15H35N2OP.C12H28ClN2P.C9H21ClNOP.C3H7Cl2O2P.C3H7Cl2OP.Cl3OP.Cl3P/c1-11(2)16(12(3)4)19(18-15(9)10)17(13(5)6)14(7)8;1-9(2)14(10(3)4)16(13)15(11(5)6)12(7)8;1-7(2)11(8(3)4)13(10)12-9(5)6;1-3(2)7-8(4,5)6;1-3(2)6-7(4)5;1-5(2,3)4;1-4(2)3/h11-15H,1-10H3;9-12H,1-8H3;7-9H,1-6H3;3H,1-2H3;3H,1-2H3;;. The van der Waals surface area contributed by atoms with Crippen molar-refractivity contribution in [3.63, 3.8) is 0 Å².